The molecule has 2 heterocycles. The highest BCUT2D eigenvalue weighted by atomic mass is 16.5. The minimum atomic E-state index is -0.308. The maximum absolute atomic E-state index is 12.9. The number of rotatable bonds is 8. The summed E-state index contributed by atoms with van der Waals surface area (Å²) in [6, 6.07) is 16.9. The maximum atomic E-state index is 12.9. The standard InChI is InChI=1S/C25H27N3O4/c1-30-21-14-19(15-22(31-2)24(21)32-17-18-8-4-3-5-9-18)25(29)27-23-11-10-20(16-26-23)28-12-6-7-13-28/h3-5,8-11,14-16H,6-7,12-13,17H2,1-2H3,(H,26,27,29). The van der Waals surface area contributed by atoms with E-state index < -0.39 is 0 Å². The number of amides is 1. The number of aromatic nitrogens is 1. The number of carbonyl (C=O) groups excluding carboxylic acids is 1. The van der Waals surface area contributed by atoms with Gasteiger partial charge in [-0.3, -0.25) is 4.79 Å². The van der Waals surface area contributed by atoms with Crippen molar-refractivity contribution in [3.63, 3.8) is 0 Å². The molecule has 2 aromatic carbocycles. The first-order valence-corrected chi connectivity index (χ1v) is 10.6. The molecule has 0 unspecified atom stereocenters. The molecule has 0 bridgehead atoms. The van der Waals surface area contributed by atoms with E-state index in [1.165, 1.54) is 27.1 Å². The Bertz CT molecular complexity index is 1020. The molecule has 0 spiro atoms. The number of hydrogen-bond acceptors (Lipinski definition) is 6. The zero-order valence-electron chi connectivity index (χ0n) is 18.3. The van der Waals surface area contributed by atoms with Crippen LogP contribution in [0.25, 0.3) is 0 Å². The molecular weight excluding hydrogens is 406 g/mol. The predicted molar refractivity (Wildman–Crippen MR) is 124 cm³/mol. The van der Waals surface area contributed by atoms with E-state index in [1.54, 1.807) is 18.3 Å². The number of methoxy groups -OCH3 is 2. The summed E-state index contributed by atoms with van der Waals surface area (Å²) in [5, 5.41) is 2.84. The van der Waals surface area contributed by atoms with Gasteiger partial charge in [0.05, 0.1) is 26.1 Å². The molecule has 1 aromatic heterocycles. The summed E-state index contributed by atoms with van der Waals surface area (Å²) in [5.74, 6) is 1.46. The van der Waals surface area contributed by atoms with E-state index in [1.807, 2.05) is 42.5 Å². The minimum Gasteiger partial charge on any atom is -0.493 e. The summed E-state index contributed by atoms with van der Waals surface area (Å²) in [6.07, 6.45) is 4.20. The smallest absolute Gasteiger partial charge is 0.257 e. The molecule has 32 heavy (non-hydrogen) atoms. The van der Waals surface area contributed by atoms with Gasteiger partial charge in [0.1, 0.15) is 12.4 Å². The van der Waals surface area contributed by atoms with Gasteiger partial charge in [-0.15, -0.1) is 0 Å². The van der Waals surface area contributed by atoms with Crippen molar-refractivity contribution in [1.29, 1.82) is 0 Å². The largest absolute Gasteiger partial charge is 0.493 e. The van der Waals surface area contributed by atoms with Crippen molar-refractivity contribution in [2.24, 2.45) is 0 Å². The van der Waals surface area contributed by atoms with Crippen molar-refractivity contribution in [2.45, 2.75) is 19.4 Å². The molecule has 1 N–H and O–H groups in total. The molecule has 1 fully saturated rings. The molecular formula is C25H27N3O4. The van der Waals surface area contributed by atoms with Crippen molar-refractivity contribution in [1.82, 2.24) is 4.98 Å². The van der Waals surface area contributed by atoms with E-state index in [0.717, 1.165) is 24.3 Å². The van der Waals surface area contributed by atoms with Gasteiger partial charge in [-0.2, -0.15) is 0 Å². The molecule has 7 heteroatoms. The summed E-state index contributed by atoms with van der Waals surface area (Å²) < 4.78 is 16.9. The van der Waals surface area contributed by atoms with E-state index in [-0.39, 0.29) is 5.91 Å². The molecule has 0 saturated carbocycles. The fourth-order valence-electron chi connectivity index (χ4n) is 3.69. The van der Waals surface area contributed by atoms with E-state index in [2.05, 4.69) is 15.2 Å². The zero-order chi connectivity index (χ0) is 22.3. The van der Waals surface area contributed by atoms with Crippen LogP contribution < -0.4 is 24.4 Å². The molecule has 1 aliphatic heterocycles. The lowest BCUT2D eigenvalue weighted by Crippen LogP contribution is -2.18. The van der Waals surface area contributed by atoms with E-state index in [4.69, 9.17) is 14.2 Å². The molecule has 3 aromatic rings. The summed E-state index contributed by atoms with van der Waals surface area (Å²) >= 11 is 0. The van der Waals surface area contributed by atoms with Crippen LogP contribution in [0, 0.1) is 0 Å². The molecule has 7 nitrogen and oxygen atoms in total. The normalized spacial score (nSPS) is 13.0. The monoisotopic (exact) mass is 433 g/mol. The number of hydrogen-bond donors (Lipinski definition) is 1. The Labute approximate surface area is 187 Å². The van der Waals surface area contributed by atoms with Crippen LogP contribution in [-0.2, 0) is 6.61 Å². The Hall–Kier alpha value is -3.74. The van der Waals surface area contributed by atoms with Crippen molar-refractivity contribution < 1.29 is 19.0 Å². The van der Waals surface area contributed by atoms with Crippen molar-refractivity contribution in [3.8, 4) is 17.2 Å². The third kappa shape index (κ3) is 4.94. The zero-order valence-corrected chi connectivity index (χ0v) is 18.3. The van der Waals surface area contributed by atoms with Gasteiger partial charge in [0, 0.05) is 18.7 Å². The fourth-order valence-corrected chi connectivity index (χ4v) is 3.69. The Morgan fingerprint density at radius 1 is 1.00 bits per heavy atom. The molecule has 166 valence electrons. The maximum Gasteiger partial charge on any atom is 0.257 e. The number of nitrogens with zero attached hydrogens (tertiary/aromatic N) is 2. The Morgan fingerprint density at radius 2 is 1.69 bits per heavy atom. The first-order chi connectivity index (χ1) is 15.7. The van der Waals surface area contributed by atoms with Gasteiger partial charge in [0.2, 0.25) is 5.75 Å². The van der Waals surface area contributed by atoms with Gasteiger partial charge in [-0.05, 0) is 42.7 Å². The quantitative estimate of drug-likeness (QED) is 0.563. The first kappa shape index (κ1) is 21.5. The summed E-state index contributed by atoms with van der Waals surface area (Å²) in [4.78, 5) is 19.6. The summed E-state index contributed by atoms with van der Waals surface area (Å²) in [7, 11) is 3.06. The Kier molecular flexibility index (Phi) is 6.75. The van der Waals surface area contributed by atoms with Crippen molar-refractivity contribution >= 4 is 17.4 Å². The van der Waals surface area contributed by atoms with E-state index in [9.17, 15) is 4.79 Å². The third-order valence-electron chi connectivity index (χ3n) is 5.41. The number of benzene rings is 2. The van der Waals surface area contributed by atoms with Crippen molar-refractivity contribution in [2.75, 3.05) is 37.5 Å². The highest BCUT2D eigenvalue weighted by molar-refractivity contribution is 6.04. The Morgan fingerprint density at radius 3 is 2.28 bits per heavy atom. The van der Waals surface area contributed by atoms with Gasteiger partial charge in [0.25, 0.3) is 5.91 Å². The second-order valence-electron chi connectivity index (χ2n) is 7.53. The van der Waals surface area contributed by atoms with Gasteiger partial charge in [0.15, 0.2) is 11.5 Å². The lowest BCUT2D eigenvalue weighted by molar-refractivity contribution is 0.102. The number of ether oxygens (including phenoxy) is 3. The highest BCUT2D eigenvalue weighted by Crippen LogP contribution is 2.39. The average molecular weight is 434 g/mol. The SMILES string of the molecule is COc1cc(C(=O)Nc2ccc(N3CCCC3)cn2)cc(OC)c1OCc1ccccc1. The van der Waals surface area contributed by atoms with Crippen LogP contribution in [0.3, 0.4) is 0 Å². The number of carbonyl (C=O) groups is 1. The molecule has 0 atom stereocenters. The summed E-state index contributed by atoms with van der Waals surface area (Å²) in [6.45, 7) is 2.45. The lowest BCUT2D eigenvalue weighted by atomic mass is 10.1. The van der Waals surface area contributed by atoms with Crippen LogP contribution in [0.2, 0.25) is 0 Å². The molecule has 4 rings (SSSR count). The minimum absolute atomic E-state index is 0.308. The number of anilines is 2. The van der Waals surface area contributed by atoms with Gasteiger partial charge in [-0.25, -0.2) is 4.98 Å². The molecule has 1 saturated heterocycles. The number of pyridine rings is 1. The molecule has 0 aliphatic carbocycles. The number of nitrogens with one attached hydrogen (secondary N) is 1. The topological polar surface area (TPSA) is 72.9 Å². The van der Waals surface area contributed by atoms with Crippen LogP contribution in [0.1, 0.15) is 28.8 Å². The van der Waals surface area contributed by atoms with Crippen LogP contribution in [0.5, 0.6) is 17.2 Å². The van der Waals surface area contributed by atoms with Gasteiger partial charge < -0.3 is 24.4 Å². The lowest BCUT2D eigenvalue weighted by Gasteiger charge is -2.17. The van der Waals surface area contributed by atoms with Gasteiger partial charge >= 0.3 is 0 Å². The summed E-state index contributed by atoms with van der Waals surface area (Å²) in [5.41, 5.74) is 2.47. The van der Waals surface area contributed by atoms with Gasteiger partial charge in [-0.1, -0.05) is 30.3 Å². The predicted octanol–water partition coefficient (Wildman–Crippen LogP) is 4.53. The average Bonchev–Trinajstić information content (AvgIpc) is 3.38. The van der Waals surface area contributed by atoms with E-state index in [0.29, 0.717) is 35.2 Å². The van der Waals surface area contributed by atoms with Crippen LogP contribution in [-0.4, -0.2) is 38.2 Å². The third-order valence-corrected chi connectivity index (χ3v) is 5.41. The Balaban J connectivity index is 1.49. The molecule has 1 amide bonds. The second-order valence-corrected chi connectivity index (χ2v) is 7.53. The molecule has 1 aliphatic rings. The van der Waals surface area contributed by atoms with Crippen LogP contribution in [0.15, 0.2) is 60.8 Å². The van der Waals surface area contributed by atoms with E-state index >= 15 is 0 Å². The fraction of sp³-hybridized carbons (Fsp3) is 0.280. The molecule has 0 radical (unpaired) electrons. The van der Waals surface area contributed by atoms with Crippen molar-refractivity contribution in [3.05, 3.63) is 71.9 Å². The highest BCUT2D eigenvalue weighted by Gasteiger charge is 2.19. The first-order valence-electron chi connectivity index (χ1n) is 10.6. The van der Waals surface area contributed by atoms with Crippen LogP contribution in [0.4, 0.5) is 11.5 Å². The van der Waals surface area contributed by atoms with Crippen LogP contribution >= 0.6 is 0 Å². The second kappa shape index (κ2) is 10.0.